The lowest BCUT2D eigenvalue weighted by Gasteiger charge is -2.28. The van der Waals surface area contributed by atoms with E-state index in [0.717, 1.165) is 37.5 Å². The molecule has 0 aliphatic carbocycles. The lowest BCUT2D eigenvalue weighted by molar-refractivity contribution is -0.132. The van der Waals surface area contributed by atoms with Crippen LogP contribution in [0.5, 0.6) is 5.75 Å². The molecule has 1 aromatic carbocycles. The first-order valence-corrected chi connectivity index (χ1v) is 10.4. The molecule has 1 aromatic rings. The molecule has 0 radical (unpaired) electrons. The van der Waals surface area contributed by atoms with E-state index in [1.165, 1.54) is 32.6 Å². The van der Waals surface area contributed by atoms with Crippen molar-refractivity contribution in [1.29, 1.82) is 0 Å². The Kier molecular flexibility index (Phi) is 9.28. The maximum atomic E-state index is 12.9. The Labute approximate surface area is 169 Å². The molecule has 1 saturated heterocycles. The van der Waals surface area contributed by atoms with E-state index in [-0.39, 0.29) is 24.3 Å². The van der Waals surface area contributed by atoms with Crippen LogP contribution in [0.25, 0.3) is 0 Å². The number of likely N-dealkylation sites (tertiary alicyclic amines) is 1. The van der Waals surface area contributed by atoms with Gasteiger partial charge in [-0.25, -0.2) is 0 Å². The highest BCUT2D eigenvalue weighted by Gasteiger charge is 2.21. The Morgan fingerprint density at radius 1 is 1.14 bits per heavy atom. The van der Waals surface area contributed by atoms with Crippen LogP contribution in [-0.4, -0.2) is 61.4 Å². The number of likely N-dealkylation sites (N-methyl/N-ethyl adjacent to an activating group) is 1. The van der Waals surface area contributed by atoms with Crippen LogP contribution in [0.4, 0.5) is 0 Å². The highest BCUT2D eigenvalue weighted by molar-refractivity contribution is 5.79. The molecule has 2 amide bonds. The van der Waals surface area contributed by atoms with E-state index in [1.54, 1.807) is 7.11 Å². The fraction of sp³-hybridized carbons (Fsp3) is 0.636. The van der Waals surface area contributed by atoms with E-state index >= 15 is 0 Å². The highest BCUT2D eigenvalue weighted by Crippen LogP contribution is 2.21. The summed E-state index contributed by atoms with van der Waals surface area (Å²) in [6.07, 6.45) is 5.39. The summed E-state index contributed by atoms with van der Waals surface area (Å²) in [5.41, 5.74) is 0.910. The van der Waals surface area contributed by atoms with Gasteiger partial charge in [0.15, 0.2) is 0 Å². The largest absolute Gasteiger partial charge is 0.497 e. The fourth-order valence-electron chi connectivity index (χ4n) is 3.72. The third-order valence-electron chi connectivity index (χ3n) is 5.39. The van der Waals surface area contributed by atoms with Gasteiger partial charge in [0, 0.05) is 26.6 Å². The van der Waals surface area contributed by atoms with Crippen molar-refractivity contribution >= 4 is 11.8 Å². The molecular formula is C22H35N3O3. The number of amides is 2. The molecule has 28 heavy (non-hydrogen) atoms. The molecule has 2 rings (SSSR count). The van der Waals surface area contributed by atoms with Crippen molar-refractivity contribution in [2.75, 3.05) is 39.8 Å². The van der Waals surface area contributed by atoms with E-state index in [1.807, 2.05) is 36.1 Å². The van der Waals surface area contributed by atoms with Gasteiger partial charge in [-0.05, 0) is 50.6 Å². The number of nitrogens with one attached hydrogen (secondary N) is 1. The van der Waals surface area contributed by atoms with Crippen molar-refractivity contribution in [3.8, 4) is 5.75 Å². The van der Waals surface area contributed by atoms with Crippen molar-refractivity contribution in [2.24, 2.45) is 0 Å². The van der Waals surface area contributed by atoms with Crippen LogP contribution < -0.4 is 10.1 Å². The maximum absolute atomic E-state index is 12.9. The first-order chi connectivity index (χ1) is 13.5. The number of rotatable bonds is 9. The number of methoxy groups -OCH3 is 1. The van der Waals surface area contributed by atoms with Gasteiger partial charge in [0.25, 0.3) is 0 Å². The number of ether oxygens (including phenoxy) is 1. The highest BCUT2D eigenvalue weighted by atomic mass is 16.5. The summed E-state index contributed by atoms with van der Waals surface area (Å²) < 4.78 is 5.20. The topological polar surface area (TPSA) is 61.9 Å². The second-order valence-electron chi connectivity index (χ2n) is 7.46. The smallest absolute Gasteiger partial charge is 0.225 e. The van der Waals surface area contributed by atoms with Crippen LogP contribution in [-0.2, 0) is 9.59 Å². The van der Waals surface area contributed by atoms with Crippen LogP contribution in [0.3, 0.4) is 0 Å². The number of benzene rings is 1. The Morgan fingerprint density at radius 3 is 2.32 bits per heavy atom. The second kappa shape index (κ2) is 11.7. The summed E-state index contributed by atoms with van der Waals surface area (Å²) in [5.74, 6) is 0.692. The standard InChI is InChI=1S/C22H35N3O3/c1-4-25(16-15-24-13-7-5-6-8-14-24)22(27)17-21(23-18(2)26)19-9-11-20(28-3)12-10-19/h9-12,21H,4-8,13-17H2,1-3H3,(H,23,26)/t21-/m0/s1. The van der Waals surface area contributed by atoms with E-state index in [0.29, 0.717) is 6.54 Å². The number of nitrogens with zero attached hydrogens (tertiary/aromatic N) is 2. The van der Waals surface area contributed by atoms with Crippen molar-refractivity contribution in [3.63, 3.8) is 0 Å². The van der Waals surface area contributed by atoms with E-state index < -0.39 is 0 Å². The lowest BCUT2D eigenvalue weighted by atomic mass is 10.0. The summed E-state index contributed by atoms with van der Waals surface area (Å²) in [5, 5.41) is 2.92. The van der Waals surface area contributed by atoms with Gasteiger partial charge in [0.1, 0.15) is 5.75 Å². The molecule has 6 heteroatoms. The third kappa shape index (κ3) is 7.15. The molecule has 0 bridgehead atoms. The summed E-state index contributed by atoms with van der Waals surface area (Å²) >= 11 is 0. The normalized spacial score (nSPS) is 16.1. The van der Waals surface area contributed by atoms with Gasteiger partial charge in [-0.2, -0.15) is 0 Å². The third-order valence-corrected chi connectivity index (χ3v) is 5.39. The van der Waals surface area contributed by atoms with Gasteiger partial charge in [0.05, 0.1) is 19.6 Å². The monoisotopic (exact) mass is 389 g/mol. The Bertz CT molecular complexity index is 610. The molecule has 6 nitrogen and oxygen atoms in total. The van der Waals surface area contributed by atoms with Gasteiger partial charge >= 0.3 is 0 Å². The fourth-order valence-corrected chi connectivity index (χ4v) is 3.72. The van der Waals surface area contributed by atoms with Gasteiger partial charge in [-0.15, -0.1) is 0 Å². The Balaban J connectivity index is 1.97. The zero-order chi connectivity index (χ0) is 20.4. The van der Waals surface area contributed by atoms with E-state index in [9.17, 15) is 9.59 Å². The van der Waals surface area contributed by atoms with Crippen molar-refractivity contribution in [2.45, 2.75) is 52.0 Å². The van der Waals surface area contributed by atoms with Crippen LogP contribution in [0, 0.1) is 0 Å². The first kappa shape index (κ1) is 22.2. The molecule has 156 valence electrons. The summed E-state index contributed by atoms with van der Waals surface area (Å²) in [6.45, 7) is 8.11. The zero-order valence-electron chi connectivity index (χ0n) is 17.6. The average molecular weight is 390 g/mol. The maximum Gasteiger partial charge on any atom is 0.225 e. The van der Waals surface area contributed by atoms with Gasteiger partial charge < -0.3 is 19.9 Å². The second-order valence-corrected chi connectivity index (χ2v) is 7.46. The lowest BCUT2D eigenvalue weighted by Crippen LogP contribution is -2.40. The van der Waals surface area contributed by atoms with Crippen molar-refractivity contribution < 1.29 is 14.3 Å². The molecule has 1 fully saturated rings. The van der Waals surface area contributed by atoms with Gasteiger partial charge in [0.2, 0.25) is 11.8 Å². The average Bonchev–Trinajstić information content (AvgIpc) is 2.96. The molecule has 1 aliphatic heterocycles. The van der Waals surface area contributed by atoms with Gasteiger partial charge in [-0.1, -0.05) is 25.0 Å². The van der Waals surface area contributed by atoms with Crippen LogP contribution >= 0.6 is 0 Å². The van der Waals surface area contributed by atoms with E-state index in [2.05, 4.69) is 10.2 Å². The summed E-state index contributed by atoms with van der Waals surface area (Å²) in [6, 6.07) is 7.18. The molecule has 1 N–H and O–H groups in total. The predicted octanol–water partition coefficient (Wildman–Crippen LogP) is 2.99. The van der Waals surface area contributed by atoms with Crippen LogP contribution in [0.15, 0.2) is 24.3 Å². The first-order valence-electron chi connectivity index (χ1n) is 10.4. The summed E-state index contributed by atoms with van der Waals surface area (Å²) in [7, 11) is 1.62. The predicted molar refractivity (Wildman–Crippen MR) is 111 cm³/mol. The minimum absolute atomic E-state index is 0.0758. The van der Waals surface area contributed by atoms with Gasteiger partial charge in [-0.3, -0.25) is 9.59 Å². The Hall–Kier alpha value is -2.08. The number of carbonyl (C=O) groups excluding carboxylic acids is 2. The molecule has 1 aliphatic rings. The SMILES string of the molecule is CCN(CCN1CCCCCC1)C(=O)C[C@H](NC(C)=O)c1ccc(OC)cc1. The Morgan fingerprint density at radius 2 is 1.79 bits per heavy atom. The molecule has 1 atom stereocenters. The molecule has 0 unspecified atom stereocenters. The molecule has 0 saturated carbocycles. The number of carbonyl (C=O) groups is 2. The minimum Gasteiger partial charge on any atom is -0.497 e. The van der Waals surface area contributed by atoms with Crippen molar-refractivity contribution in [3.05, 3.63) is 29.8 Å². The van der Waals surface area contributed by atoms with E-state index in [4.69, 9.17) is 4.74 Å². The quantitative estimate of drug-likeness (QED) is 0.705. The van der Waals surface area contributed by atoms with Crippen LogP contribution in [0.2, 0.25) is 0 Å². The molecule has 1 heterocycles. The minimum atomic E-state index is -0.330. The van der Waals surface area contributed by atoms with Crippen molar-refractivity contribution in [1.82, 2.24) is 15.1 Å². The zero-order valence-corrected chi connectivity index (χ0v) is 17.6. The van der Waals surface area contributed by atoms with Crippen LogP contribution in [0.1, 0.15) is 57.6 Å². The molecule has 0 aromatic heterocycles. The number of hydrogen-bond acceptors (Lipinski definition) is 4. The molecule has 0 spiro atoms. The molecular weight excluding hydrogens is 354 g/mol. The summed E-state index contributed by atoms with van der Waals surface area (Å²) in [4.78, 5) is 29.0. The number of hydrogen-bond donors (Lipinski definition) is 1.